The molecule has 0 radical (unpaired) electrons. The zero-order chi connectivity index (χ0) is 28.0. The summed E-state index contributed by atoms with van der Waals surface area (Å²) in [6.45, 7) is -1.32. The van der Waals surface area contributed by atoms with Crippen molar-refractivity contribution in [3.8, 4) is 0 Å². The number of ether oxygens (including phenoxy) is 5. The molecule has 2 aliphatic heterocycles. The van der Waals surface area contributed by atoms with E-state index < -0.39 is 105 Å². The van der Waals surface area contributed by atoms with Crippen molar-refractivity contribution in [2.45, 2.75) is 92.2 Å². The Labute approximate surface area is 212 Å². The van der Waals surface area contributed by atoms with Crippen LogP contribution in [0.25, 0.3) is 0 Å². The lowest BCUT2D eigenvalue weighted by Gasteiger charge is -2.46. The zero-order valence-electron chi connectivity index (χ0n) is 20.4. The van der Waals surface area contributed by atoms with Gasteiger partial charge < -0.3 is 79.9 Å². The van der Waals surface area contributed by atoms with Crippen LogP contribution >= 0.6 is 0 Å². The molecule has 2 heterocycles. The smallest absolute Gasteiger partial charge is 0.186 e. The Kier molecular flexibility index (Phi) is 12.9. The van der Waals surface area contributed by atoms with E-state index in [0.29, 0.717) is 0 Å². The molecule has 0 aromatic heterocycles. The van der Waals surface area contributed by atoms with Crippen LogP contribution < -0.4 is 0 Å². The lowest BCUT2D eigenvalue weighted by molar-refractivity contribution is -0.316. The molecule has 11 N–H and O–H groups in total. The number of methoxy groups -OCH3 is 2. The molecule has 2 saturated heterocycles. The molecule has 0 aromatic rings. The number of rotatable bonds is 7. The second-order valence-electron chi connectivity index (χ2n) is 9.16. The molecule has 0 aromatic carbocycles. The fraction of sp³-hybridized carbons (Fsp3) is 1.00. The molecule has 15 atom stereocenters. The Morgan fingerprint density at radius 2 is 1.19 bits per heavy atom. The van der Waals surface area contributed by atoms with Crippen molar-refractivity contribution in [2.24, 2.45) is 5.92 Å². The minimum atomic E-state index is -1.57. The quantitative estimate of drug-likeness (QED) is 0.141. The van der Waals surface area contributed by atoms with Gasteiger partial charge in [0.15, 0.2) is 12.6 Å². The maximum absolute atomic E-state index is 10.3. The largest absolute Gasteiger partial charge is 0.396 e. The molecule has 220 valence electrons. The summed E-state index contributed by atoms with van der Waals surface area (Å²) in [6.07, 6.45) is -17.4. The Morgan fingerprint density at radius 3 is 1.70 bits per heavy atom. The molecule has 16 heteroatoms. The Hall–Kier alpha value is -0.640. The third-order valence-electron chi connectivity index (χ3n) is 6.83. The van der Waals surface area contributed by atoms with Gasteiger partial charge in [-0.05, 0) is 6.42 Å². The van der Waals surface area contributed by atoms with Crippen molar-refractivity contribution in [3.05, 3.63) is 0 Å². The Morgan fingerprint density at radius 1 is 0.595 bits per heavy atom. The van der Waals surface area contributed by atoms with Crippen LogP contribution in [0.2, 0.25) is 0 Å². The summed E-state index contributed by atoms with van der Waals surface area (Å²) in [5.74, 6) is -0.487. The average Bonchev–Trinajstić information content (AvgIpc) is 2.90. The van der Waals surface area contributed by atoms with Crippen LogP contribution in [0.15, 0.2) is 0 Å². The predicted molar refractivity (Wildman–Crippen MR) is 117 cm³/mol. The third kappa shape index (κ3) is 7.31. The fourth-order valence-electron chi connectivity index (χ4n) is 4.61. The highest BCUT2D eigenvalue weighted by atomic mass is 16.7. The molecule has 3 fully saturated rings. The van der Waals surface area contributed by atoms with Crippen LogP contribution in [0.3, 0.4) is 0 Å². The highest BCUT2D eigenvalue weighted by molar-refractivity contribution is 4.97. The van der Waals surface area contributed by atoms with Gasteiger partial charge in [-0.2, -0.15) is 0 Å². The van der Waals surface area contributed by atoms with Crippen LogP contribution in [0.5, 0.6) is 0 Å². The van der Waals surface area contributed by atoms with Crippen molar-refractivity contribution in [2.75, 3.05) is 34.0 Å². The van der Waals surface area contributed by atoms with Gasteiger partial charge >= 0.3 is 0 Å². The second-order valence-corrected chi connectivity index (χ2v) is 9.16. The van der Waals surface area contributed by atoms with E-state index in [2.05, 4.69) is 4.74 Å². The monoisotopic (exact) mass is 548 g/mol. The van der Waals surface area contributed by atoms with E-state index in [1.54, 1.807) is 0 Å². The van der Waals surface area contributed by atoms with Gasteiger partial charge in [-0.15, -0.1) is 0 Å². The van der Waals surface area contributed by atoms with Gasteiger partial charge in [0.1, 0.15) is 61.0 Å². The summed E-state index contributed by atoms with van der Waals surface area (Å²) in [6, 6.07) is 0. The van der Waals surface area contributed by atoms with E-state index in [1.807, 2.05) is 0 Å². The van der Waals surface area contributed by atoms with Gasteiger partial charge in [0, 0.05) is 26.7 Å². The highest BCUT2D eigenvalue weighted by Gasteiger charge is 2.50. The van der Waals surface area contributed by atoms with E-state index >= 15 is 0 Å². The second kappa shape index (κ2) is 14.7. The first-order chi connectivity index (χ1) is 17.5. The van der Waals surface area contributed by atoms with Gasteiger partial charge in [0.2, 0.25) is 0 Å². The number of aliphatic hydroxyl groups excluding tert-OH is 11. The van der Waals surface area contributed by atoms with Crippen molar-refractivity contribution in [3.63, 3.8) is 0 Å². The van der Waals surface area contributed by atoms with Crippen LogP contribution in [0.4, 0.5) is 0 Å². The standard InChI is InChI=1S/C15H28O10.C6H12O6/c1-22-13-6(4-16)3-7(9(18)10(13)19)24-14-8(5-17)25-15(23-2)12(21)11(14)20;7-1-2-3(8)4(9)5(10)6(11)12-2/h6-21H,3-5H2,1-2H3;2-11H,1H2. The molecule has 3 rings (SSSR count). The van der Waals surface area contributed by atoms with E-state index in [9.17, 15) is 30.6 Å². The minimum Gasteiger partial charge on any atom is -0.396 e. The molecule has 1 aliphatic carbocycles. The van der Waals surface area contributed by atoms with Gasteiger partial charge in [-0.1, -0.05) is 0 Å². The topological polar surface area (TPSA) is 269 Å². The SMILES string of the molecule is COC1OC(CO)C(OC2CC(CO)C(OC)C(O)C2O)C(O)C1O.OCC1OC(O)C(O)C(O)C1O. The van der Waals surface area contributed by atoms with Crippen molar-refractivity contribution in [1.29, 1.82) is 0 Å². The van der Waals surface area contributed by atoms with Crippen LogP contribution in [-0.4, -0.2) is 176 Å². The number of hydrogen-bond acceptors (Lipinski definition) is 16. The maximum atomic E-state index is 10.3. The maximum Gasteiger partial charge on any atom is 0.186 e. The predicted octanol–water partition coefficient (Wildman–Crippen LogP) is -6.65. The molecule has 0 bridgehead atoms. The lowest BCUT2D eigenvalue weighted by Crippen LogP contribution is -2.63. The van der Waals surface area contributed by atoms with E-state index in [1.165, 1.54) is 14.2 Å². The summed E-state index contributed by atoms with van der Waals surface area (Å²) in [5, 5.41) is 104. The molecule has 3 aliphatic rings. The summed E-state index contributed by atoms with van der Waals surface area (Å²) in [7, 11) is 2.65. The van der Waals surface area contributed by atoms with Gasteiger partial charge in [-0.25, -0.2) is 0 Å². The number of aliphatic hydroxyl groups is 11. The van der Waals surface area contributed by atoms with E-state index in [0.717, 1.165) is 0 Å². The fourth-order valence-corrected chi connectivity index (χ4v) is 4.61. The summed E-state index contributed by atoms with van der Waals surface area (Å²) in [5.41, 5.74) is 0. The molecule has 0 spiro atoms. The third-order valence-corrected chi connectivity index (χ3v) is 6.83. The van der Waals surface area contributed by atoms with E-state index in [-0.39, 0.29) is 13.0 Å². The molecule has 0 amide bonds. The summed E-state index contributed by atoms with van der Waals surface area (Å²) >= 11 is 0. The Balaban J connectivity index is 0.000000335. The van der Waals surface area contributed by atoms with Crippen molar-refractivity contribution < 1.29 is 79.9 Å². The molecule has 16 nitrogen and oxygen atoms in total. The molecule has 37 heavy (non-hydrogen) atoms. The van der Waals surface area contributed by atoms with E-state index in [4.69, 9.17) is 44.5 Å². The average molecular weight is 549 g/mol. The molecular formula is C21H40O16. The van der Waals surface area contributed by atoms with Crippen LogP contribution in [-0.2, 0) is 23.7 Å². The highest BCUT2D eigenvalue weighted by Crippen LogP contribution is 2.33. The normalized spacial score (nSPS) is 48.7. The van der Waals surface area contributed by atoms with Crippen LogP contribution in [0.1, 0.15) is 6.42 Å². The Bertz CT molecular complexity index is 649. The zero-order valence-corrected chi connectivity index (χ0v) is 20.4. The van der Waals surface area contributed by atoms with Crippen molar-refractivity contribution >= 4 is 0 Å². The van der Waals surface area contributed by atoms with Gasteiger partial charge in [0.05, 0.1) is 25.4 Å². The molecular weight excluding hydrogens is 508 g/mol. The summed E-state index contributed by atoms with van der Waals surface area (Å²) in [4.78, 5) is 0. The first-order valence-electron chi connectivity index (χ1n) is 11.8. The van der Waals surface area contributed by atoms with Gasteiger partial charge in [-0.3, -0.25) is 0 Å². The van der Waals surface area contributed by atoms with Gasteiger partial charge in [0.25, 0.3) is 0 Å². The minimum absolute atomic E-state index is 0.151. The first-order valence-corrected chi connectivity index (χ1v) is 11.8. The summed E-state index contributed by atoms with van der Waals surface area (Å²) < 4.78 is 25.7. The van der Waals surface area contributed by atoms with Crippen molar-refractivity contribution in [1.82, 2.24) is 0 Å². The molecule has 1 saturated carbocycles. The first kappa shape index (κ1) is 32.6. The molecule has 15 unspecified atom stereocenters. The van der Waals surface area contributed by atoms with Crippen LogP contribution in [0, 0.1) is 5.92 Å². The lowest BCUT2D eigenvalue weighted by atomic mass is 9.80. The number of hydrogen-bond donors (Lipinski definition) is 11.